The minimum Gasteiger partial charge on any atom is -0.325 e. The maximum absolute atomic E-state index is 13.3. The number of piperidine rings is 1. The summed E-state index contributed by atoms with van der Waals surface area (Å²) < 4.78 is 29.3. The van der Waals surface area contributed by atoms with Gasteiger partial charge in [0.2, 0.25) is 15.9 Å². The number of carbonyl (C=O) groups is 1. The first-order valence-electron chi connectivity index (χ1n) is 11.4. The zero-order valence-corrected chi connectivity index (χ0v) is 21.7. The van der Waals surface area contributed by atoms with Crippen molar-refractivity contribution in [2.45, 2.75) is 44.4 Å². The zero-order chi connectivity index (χ0) is 23.7. The van der Waals surface area contributed by atoms with Crippen molar-refractivity contribution >= 4 is 37.5 Å². The molecule has 0 saturated carbocycles. The van der Waals surface area contributed by atoms with E-state index in [1.807, 2.05) is 68.4 Å². The first-order chi connectivity index (χ1) is 15.6. The number of hydrogen-bond donors (Lipinski definition) is 1. The molecule has 0 unspecified atom stereocenters. The predicted octanol–water partition coefficient (Wildman–Crippen LogP) is 4.48. The van der Waals surface area contributed by atoms with Gasteiger partial charge in [-0.2, -0.15) is 4.31 Å². The van der Waals surface area contributed by atoms with Crippen LogP contribution in [0.2, 0.25) is 0 Å². The second-order valence-electron chi connectivity index (χ2n) is 10.1. The summed E-state index contributed by atoms with van der Waals surface area (Å²) in [4.78, 5) is 14.7. The highest BCUT2D eigenvalue weighted by atomic mass is 79.9. The molecule has 2 aromatic rings. The summed E-state index contributed by atoms with van der Waals surface area (Å²) in [5.41, 5.74) is 1.18. The Morgan fingerprint density at radius 3 is 2.30 bits per heavy atom. The third-order valence-electron chi connectivity index (χ3n) is 6.90. The summed E-state index contributed by atoms with van der Waals surface area (Å²) in [6.45, 7) is 6.61. The lowest BCUT2D eigenvalue weighted by Crippen LogP contribution is -2.45. The molecule has 6 nitrogen and oxygen atoms in total. The van der Waals surface area contributed by atoms with Crippen molar-refractivity contribution in [2.24, 2.45) is 5.41 Å². The predicted molar refractivity (Wildman–Crippen MR) is 135 cm³/mol. The Bertz CT molecular complexity index is 1080. The van der Waals surface area contributed by atoms with E-state index in [4.69, 9.17) is 0 Å². The molecule has 178 valence electrons. The summed E-state index contributed by atoms with van der Waals surface area (Å²) in [6.07, 6.45) is 2.66. The lowest BCUT2D eigenvalue weighted by molar-refractivity contribution is -0.117. The molecular formula is C25H32BrN3O3S. The largest absolute Gasteiger partial charge is 0.325 e. The maximum Gasteiger partial charge on any atom is 0.238 e. The lowest BCUT2D eigenvalue weighted by Gasteiger charge is -2.39. The van der Waals surface area contributed by atoms with Gasteiger partial charge >= 0.3 is 0 Å². The Kier molecular flexibility index (Phi) is 7.01. The van der Waals surface area contributed by atoms with Gasteiger partial charge in [0.05, 0.1) is 12.3 Å². The summed E-state index contributed by atoms with van der Waals surface area (Å²) in [6, 6.07) is 16.9. The number of halogens is 1. The van der Waals surface area contributed by atoms with Crippen molar-refractivity contribution in [3.8, 4) is 0 Å². The monoisotopic (exact) mass is 533 g/mol. The van der Waals surface area contributed by atoms with Crippen LogP contribution in [0.15, 0.2) is 59.1 Å². The number of anilines is 1. The van der Waals surface area contributed by atoms with Gasteiger partial charge < -0.3 is 5.32 Å². The van der Waals surface area contributed by atoms with Crippen LogP contribution < -0.4 is 5.32 Å². The number of amides is 1. The van der Waals surface area contributed by atoms with Crippen molar-refractivity contribution in [3.05, 3.63) is 64.6 Å². The average molecular weight is 535 g/mol. The second-order valence-corrected chi connectivity index (χ2v) is 12.9. The highest BCUT2D eigenvalue weighted by molar-refractivity contribution is 9.10. The van der Waals surface area contributed by atoms with Crippen molar-refractivity contribution in [1.29, 1.82) is 0 Å². The van der Waals surface area contributed by atoms with Crippen LogP contribution in [0, 0.1) is 5.41 Å². The Hall–Kier alpha value is -1.74. The molecule has 8 heteroatoms. The first-order valence-corrected chi connectivity index (χ1v) is 13.8. The maximum atomic E-state index is 13.3. The molecule has 2 fully saturated rings. The number of nitrogens with one attached hydrogen (secondary N) is 1. The fourth-order valence-corrected chi connectivity index (χ4v) is 7.70. The molecule has 1 amide bonds. The molecule has 2 saturated heterocycles. The molecule has 2 aliphatic rings. The third kappa shape index (κ3) is 5.85. The highest BCUT2D eigenvalue weighted by Crippen LogP contribution is 2.49. The van der Waals surface area contributed by atoms with Gasteiger partial charge in [0.15, 0.2) is 0 Å². The Morgan fingerprint density at radius 2 is 1.67 bits per heavy atom. The van der Waals surface area contributed by atoms with Crippen LogP contribution in [0.4, 0.5) is 5.69 Å². The smallest absolute Gasteiger partial charge is 0.238 e. The van der Waals surface area contributed by atoms with Crippen LogP contribution >= 0.6 is 15.9 Å². The van der Waals surface area contributed by atoms with Crippen LogP contribution in [0.25, 0.3) is 0 Å². The summed E-state index contributed by atoms with van der Waals surface area (Å²) >= 11 is 3.40. The van der Waals surface area contributed by atoms with Crippen LogP contribution in [0.5, 0.6) is 0 Å². The van der Waals surface area contributed by atoms with E-state index in [0.717, 1.165) is 48.1 Å². The van der Waals surface area contributed by atoms with E-state index in [1.165, 1.54) is 0 Å². The molecule has 33 heavy (non-hydrogen) atoms. The third-order valence-corrected chi connectivity index (χ3v) is 9.42. The van der Waals surface area contributed by atoms with E-state index in [9.17, 15) is 13.2 Å². The summed E-state index contributed by atoms with van der Waals surface area (Å²) in [5.74, 6) is 0.0162. The van der Waals surface area contributed by atoms with Crippen molar-refractivity contribution in [3.63, 3.8) is 0 Å². The topological polar surface area (TPSA) is 69.7 Å². The molecule has 1 N–H and O–H groups in total. The quantitative estimate of drug-likeness (QED) is 0.594. The number of likely N-dealkylation sites (tertiary alicyclic amines) is 1. The summed E-state index contributed by atoms with van der Waals surface area (Å²) in [7, 11) is -3.41. The van der Waals surface area contributed by atoms with Gasteiger partial charge in [0, 0.05) is 22.2 Å². The van der Waals surface area contributed by atoms with E-state index >= 15 is 0 Å². The number of sulfonamides is 1. The number of benzene rings is 2. The highest BCUT2D eigenvalue weighted by Gasteiger charge is 2.53. The molecule has 2 aromatic carbocycles. The molecule has 0 radical (unpaired) electrons. The molecule has 1 spiro atoms. The van der Waals surface area contributed by atoms with Gasteiger partial charge in [-0.1, -0.05) is 46.3 Å². The molecule has 2 heterocycles. The van der Waals surface area contributed by atoms with Gasteiger partial charge in [-0.3, -0.25) is 9.69 Å². The standard InChI is InChI=1S/C25H32BrN3O3S/c1-24(2)18-25(19-29(24)33(31,32)17-20-6-4-3-5-7-20)12-14-28(15-13-25)16-23(30)27-22-10-8-21(26)9-11-22/h3-11H,12-19H2,1-2H3,(H,27,30). The van der Waals surface area contributed by atoms with Crippen LogP contribution in [0.3, 0.4) is 0 Å². The fourth-order valence-electron chi connectivity index (χ4n) is 5.38. The van der Waals surface area contributed by atoms with E-state index in [1.54, 1.807) is 4.31 Å². The molecular weight excluding hydrogens is 502 g/mol. The number of rotatable bonds is 6. The Balaban J connectivity index is 1.35. The minimum absolute atomic E-state index is 0.0212. The second kappa shape index (κ2) is 9.49. The van der Waals surface area contributed by atoms with Gasteiger partial charge in [-0.25, -0.2) is 8.42 Å². The van der Waals surface area contributed by atoms with E-state index in [0.29, 0.717) is 13.1 Å². The molecule has 0 aliphatic carbocycles. The zero-order valence-electron chi connectivity index (χ0n) is 19.3. The van der Waals surface area contributed by atoms with Crippen LogP contribution in [0.1, 0.15) is 38.7 Å². The SMILES string of the molecule is CC1(C)CC2(CCN(CC(=O)Nc3ccc(Br)cc3)CC2)CN1S(=O)(=O)Cc1ccccc1. The van der Waals surface area contributed by atoms with Gasteiger partial charge in [0.25, 0.3) is 0 Å². The minimum atomic E-state index is -3.41. The fraction of sp³-hybridized carbons (Fsp3) is 0.480. The molecule has 0 aromatic heterocycles. The first kappa shape index (κ1) is 24.4. The van der Waals surface area contributed by atoms with Crippen molar-refractivity contribution < 1.29 is 13.2 Å². The van der Waals surface area contributed by atoms with Crippen molar-refractivity contribution in [2.75, 3.05) is 31.5 Å². The average Bonchev–Trinajstić information content (AvgIpc) is 3.03. The molecule has 0 atom stereocenters. The van der Waals surface area contributed by atoms with Crippen LogP contribution in [-0.4, -0.2) is 55.2 Å². The normalized spacial score (nSPS) is 20.7. The number of nitrogens with zero attached hydrogens (tertiary/aromatic N) is 2. The number of hydrogen-bond acceptors (Lipinski definition) is 4. The Morgan fingerprint density at radius 1 is 1.03 bits per heavy atom. The molecule has 0 bridgehead atoms. The van der Waals surface area contributed by atoms with Gasteiger partial charge in [-0.15, -0.1) is 0 Å². The molecule has 2 aliphatic heterocycles. The van der Waals surface area contributed by atoms with Gasteiger partial charge in [-0.05, 0) is 81.4 Å². The Labute approximate surface area is 205 Å². The number of carbonyl (C=O) groups excluding carboxylic acids is 1. The lowest BCUT2D eigenvalue weighted by atomic mass is 9.74. The summed E-state index contributed by atoms with van der Waals surface area (Å²) in [5, 5.41) is 2.95. The van der Waals surface area contributed by atoms with E-state index in [2.05, 4.69) is 26.1 Å². The van der Waals surface area contributed by atoms with E-state index in [-0.39, 0.29) is 17.1 Å². The van der Waals surface area contributed by atoms with Crippen molar-refractivity contribution in [1.82, 2.24) is 9.21 Å². The van der Waals surface area contributed by atoms with Crippen LogP contribution in [-0.2, 0) is 20.6 Å². The molecule has 4 rings (SSSR count). The van der Waals surface area contributed by atoms with E-state index < -0.39 is 15.6 Å². The van der Waals surface area contributed by atoms with Gasteiger partial charge in [0.1, 0.15) is 0 Å².